The predicted molar refractivity (Wildman–Crippen MR) is 99.6 cm³/mol. The Morgan fingerprint density at radius 2 is 1.71 bits per heavy atom. The lowest BCUT2D eigenvalue weighted by atomic mass is 10.1. The number of nitrogens with zero attached hydrogens (tertiary/aromatic N) is 2. The van der Waals surface area contributed by atoms with Gasteiger partial charge < -0.3 is 9.67 Å². The Bertz CT molecular complexity index is 877. The summed E-state index contributed by atoms with van der Waals surface area (Å²) in [5.41, 5.74) is 8.72. The monoisotopic (exact) mass is 322 g/mol. The minimum absolute atomic E-state index is 0.199. The van der Waals surface area contributed by atoms with E-state index in [4.69, 9.17) is 4.98 Å². The molecule has 0 unspecified atom stereocenters. The molecule has 0 fully saturated rings. The lowest BCUT2D eigenvalue weighted by Gasteiger charge is -2.13. The minimum Gasteiger partial charge on any atom is -0.396 e. The van der Waals surface area contributed by atoms with E-state index in [0.717, 1.165) is 30.7 Å². The first-order valence-electron chi connectivity index (χ1n) is 8.63. The van der Waals surface area contributed by atoms with Crippen molar-refractivity contribution >= 4 is 11.0 Å². The van der Waals surface area contributed by atoms with Gasteiger partial charge in [0.05, 0.1) is 11.0 Å². The number of fused-ring (bicyclic) bond motifs is 1. The first-order chi connectivity index (χ1) is 11.5. The molecule has 24 heavy (non-hydrogen) atoms. The van der Waals surface area contributed by atoms with Crippen molar-refractivity contribution < 1.29 is 5.11 Å². The highest BCUT2D eigenvalue weighted by Crippen LogP contribution is 2.24. The Labute approximate surface area is 144 Å². The summed E-state index contributed by atoms with van der Waals surface area (Å²) in [5.74, 6) is 1.06. The van der Waals surface area contributed by atoms with Gasteiger partial charge in [-0.05, 0) is 68.5 Å². The average molecular weight is 322 g/mol. The summed E-state index contributed by atoms with van der Waals surface area (Å²) < 4.78 is 2.32. The van der Waals surface area contributed by atoms with Crippen molar-refractivity contribution in [2.75, 3.05) is 6.61 Å². The van der Waals surface area contributed by atoms with E-state index < -0.39 is 0 Å². The van der Waals surface area contributed by atoms with Gasteiger partial charge in [-0.1, -0.05) is 23.8 Å². The minimum atomic E-state index is 0.199. The number of aliphatic hydroxyl groups is 1. The van der Waals surface area contributed by atoms with Crippen molar-refractivity contribution in [1.29, 1.82) is 0 Å². The van der Waals surface area contributed by atoms with Crippen LogP contribution in [0.1, 0.15) is 40.1 Å². The van der Waals surface area contributed by atoms with Crippen LogP contribution in [0, 0.1) is 27.7 Å². The Balaban J connectivity index is 2.12. The smallest absolute Gasteiger partial charge is 0.110 e. The third-order valence-electron chi connectivity index (χ3n) is 4.83. The van der Waals surface area contributed by atoms with Gasteiger partial charge in [0, 0.05) is 19.6 Å². The highest BCUT2D eigenvalue weighted by molar-refractivity contribution is 5.78. The Morgan fingerprint density at radius 3 is 2.46 bits per heavy atom. The number of aliphatic hydroxyl groups excluding tert-OH is 1. The molecule has 0 saturated heterocycles. The zero-order valence-corrected chi connectivity index (χ0v) is 15.1. The fourth-order valence-corrected chi connectivity index (χ4v) is 3.18. The summed E-state index contributed by atoms with van der Waals surface area (Å²) in [4.78, 5) is 4.85. The molecule has 0 spiro atoms. The van der Waals surface area contributed by atoms with E-state index in [0.29, 0.717) is 0 Å². The van der Waals surface area contributed by atoms with Gasteiger partial charge >= 0.3 is 0 Å². The molecule has 3 rings (SSSR count). The number of rotatable bonds is 5. The van der Waals surface area contributed by atoms with Crippen LogP contribution in [0.25, 0.3) is 11.0 Å². The molecule has 0 bridgehead atoms. The maximum atomic E-state index is 9.21. The van der Waals surface area contributed by atoms with Crippen LogP contribution >= 0.6 is 0 Å². The van der Waals surface area contributed by atoms with E-state index >= 15 is 0 Å². The highest BCUT2D eigenvalue weighted by Gasteiger charge is 2.13. The van der Waals surface area contributed by atoms with E-state index in [9.17, 15) is 5.11 Å². The first-order valence-corrected chi connectivity index (χ1v) is 8.63. The average Bonchev–Trinajstić information content (AvgIpc) is 2.86. The van der Waals surface area contributed by atoms with Gasteiger partial charge in [0.2, 0.25) is 0 Å². The molecule has 0 amide bonds. The largest absolute Gasteiger partial charge is 0.396 e. The number of aromatic nitrogens is 2. The number of imidazole rings is 1. The molecule has 2 aromatic carbocycles. The predicted octanol–water partition coefficient (Wildman–Crippen LogP) is 4.24. The van der Waals surface area contributed by atoms with Crippen LogP contribution in [-0.4, -0.2) is 21.3 Å². The van der Waals surface area contributed by atoms with Gasteiger partial charge in [-0.2, -0.15) is 0 Å². The fourth-order valence-electron chi connectivity index (χ4n) is 3.18. The van der Waals surface area contributed by atoms with Crippen LogP contribution in [0.2, 0.25) is 0 Å². The summed E-state index contributed by atoms with van der Waals surface area (Å²) >= 11 is 0. The normalized spacial score (nSPS) is 11.4. The standard InChI is InChI=1S/C21H26N2O/c1-14-7-8-15(2)18(10-14)13-23-20-12-17(4)16(3)11-19(20)22-21(23)6-5-9-24/h7-8,10-12,24H,5-6,9,13H2,1-4H3. The van der Waals surface area contributed by atoms with Crippen molar-refractivity contribution in [2.24, 2.45) is 0 Å². The van der Waals surface area contributed by atoms with Gasteiger partial charge in [0.15, 0.2) is 0 Å². The van der Waals surface area contributed by atoms with Crippen LogP contribution in [0.5, 0.6) is 0 Å². The van der Waals surface area contributed by atoms with Gasteiger partial charge in [0.25, 0.3) is 0 Å². The molecular formula is C21H26N2O. The molecule has 1 aromatic heterocycles. The summed E-state index contributed by atoms with van der Waals surface area (Å²) in [6.45, 7) is 9.60. The molecule has 1 heterocycles. The van der Waals surface area contributed by atoms with Crippen molar-refractivity contribution in [3.05, 3.63) is 64.0 Å². The molecule has 0 saturated carbocycles. The van der Waals surface area contributed by atoms with Gasteiger partial charge in [-0.25, -0.2) is 4.98 Å². The summed E-state index contributed by atoms with van der Waals surface area (Å²) in [6.07, 6.45) is 1.54. The SMILES string of the molecule is Cc1ccc(C)c(Cn2c(CCCO)nc3cc(C)c(C)cc32)c1. The molecule has 0 aliphatic rings. The Kier molecular flexibility index (Phi) is 4.72. The lowest BCUT2D eigenvalue weighted by Crippen LogP contribution is -2.07. The zero-order valence-electron chi connectivity index (χ0n) is 15.1. The quantitative estimate of drug-likeness (QED) is 0.763. The fraction of sp³-hybridized carbons (Fsp3) is 0.381. The van der Waals surface area contributed by atoms with Gasteiger partial charge in [-0.3, -0.25) is 0 Å². The summed E-state index contributed by atoms with van der Waals surface area (Å²) in [6, 6.07) is 11.0. The summed E-state index contributed by atoms with van der Waals surface area (Å²) in [5, 5.41) is 9.21. The lowest BCUT2D eigenvalue weighted by molar-refractivity contribution is 0.287. The molecule has 3 aromatic rings. The van der Waals surface area contributed by atoms with Gasteiger partial charge in [0.1, 0.15) is 5.82 Å². The Morgan fingerprint density at radius 1 is 0.958 bits per heavy atom. The number of hydrogen-bond donors (Lipinski definition) is 1. The molecule has 0 aliphatic heterocycles. The van der Waals surface area contributed by atoms with Crippen molar-refractivity contribution in [3.63, 3.8) is 0 Å². The molecule has 0 atom stereocenters. The maximum Gasteiger partial charge on any atom is 0.110 e. The number of aryl methyl sites for hydroxylation is 5. The third kappa shape index (κ3) is 3.22. The topological polar surface area (TPSA) is 38.0 Å². The molecule has 3 nitrogen and oxygen atoms in total. The highest BCUT2D eigenvalue weighted by atomic mass is 16.2. The van der Waals surface area contributed by atoms with Crippen LogP contribution in [0.15, 0.2) is 30.3 Å². The first kappa shape index (κ1) is 16.7. The van der Waals surface area contributed by atoms with Crippen molar-refractivity contribution in [2.45, 2.75) is 47.1 Å². The molecular weight excluding hydrogens is 296 g/mol. The van der Waals surface area contributed by atoms with E-state index in [2.05, 4.69) is 62.6 Å². The molecule has 3 heteroatoms. The van der Waals surface area contributed by atoms with Crippen LogP contribution in [-0.2, 0) is 13.0 Å². The van der Waals surface area contributed by atoms with E-state index in [1.165, 1.54) is 33.3 Å². The van der Waals surface area contributed by atoms with Crippen LogP contribution in [0.4, 0.5) is 0 Å². The maximum absolute atomic E-state index is 9.21. The van der Waals surface area contributed by atoms with Crippen molar-refractivity contribution in [3.8, 4) is 0 Å². The second kappa shape index (κ2) is 6.78. The Hall–Kier alpha value is -2.13. The van der Waals surface area contributed by atoms with Crippen LogP contribution in [0.3, 0.4) is 0 Å². The molecule has 1 N–H and O–H groups in total. The molecule has 126 valence electrons. The molecule has 0 aliphatic carbocycles. The number of hydrogen-bond acceptors (Lipinski definition) is 2. The van der Waals surface area contributed by atoms with Gasteiger partial charge in [-0.15, -0.1) is 0 Å². The van der Waals surface area contributed by atoms with Crippen molar-refractivity contribution in [1.82, 2.24) is 9.55 Å². The summed E-state index contributed by atoms with van der Waals surface area (Å²) in [7, 11) is 0. The molecule has 0 radical (unpaired) electrons. The van der Waals surface area contributed by atoms with Crippen LogP contribution < -0.4 is 0 Å². The van der Waals surface area contributed by atoms with E-state index in [1.54, 1.807) is 0 Å². The second-order valence-corrected chi connectivity index (χ2v) is 6.80. The van der Waals surface area contributed by atoms with E-state index in [-0.39, 0.29) is 6.61 Å². The zero-order chi connectivity index (χ0) is 17.3. The number of benzene rings is 2. The van der Waals surface area contributed by atoms with E-state index in [1.807, 2.05) is 0 Å². The second-order valence-electron chi connectivity index (χ2n) is 6.80. The third-order valence-corrected chi connectivity index (χ3v) is 4.83.